The van der Waals surface area contributed by atoms with Gasteiger partial charge in [-0.3, -0.25) is 9.59 Å². The molecule has 1 aliphatic rings. The number of nitrogens with zero attached hydrogens (tertiary/aromatic N) is 1. The molecule has 25 heavy (non-hydrogen) atoms. The van der Waals surface area contributed by atoms with Crippen LogP contribution in [0.5, 0.6) is 0 Å². The lowest BCUT2D eigenvalue weighted by atomic mass is 10.2. The van der Waals surface area contributed by atoms with Crippen molar-refractivity contribution in [3.8, 4) is 0 Å². The summed E-state index contributed by atoms with van der Waals surface area (Å²) in [6.45, 7) is 3.33. The molecule has 1 saturated heterocycles. The number of aromatic nitrogens is 1. The van der Waals surface area contributed by atoms with E-state index in [1.165, 1.54) is 23.1 Å². The molecule has 3 N–H and O–H groups in total. The van der Waals surface area contributed by atoms with E-state index >= 15 is 0 Å². The van der Waals surface area contributed by atoms with Crippen LogP contribution in [0.1, 0.15) is 28.8 Å². The summed E-state index contributed by atoms with van der Waals surface area (Å²) < 4.78 is 0. The second kappa shape index (κ2) is 8.55. The maximum atomic E-state index is 12.1. The molecule has 0 spiro atoms. The molecule has 2 aromatic heterocycles. The Balaban J connectivity index is 1.45. The first kappa shape index (κ1) is 18.0. The highest BCUT2D eigenvalue weighted by molar-refractivity contribution is 7.14. The summed E-state index contributed by atoms with van der Waals surface area (Å²) in [5.41, 5.74) is 0.982. The third kappa shape index (κ3) is 5.62. The Morgan fingerprint density at radius 1 is 1.32 bits per heavy atom. The van der Waals surface area contributed by atoms with E-state index in [0.717, 1.165) is 42.9 Å². The quantitative estimate of drug-likeness (QED) is 0.688. The number of carbonyl (C=O) groups excluding carboxylic acids is 2. The molecule has 8 heteroatoms. The molecular weight excluding hydrogens is 356 g/mol. The lowest BCUT2D eigenvalue weighted by molar-refractivity contribution is -0.121. The predicted octanol–water partition coefficient (Wildman–Crippen LogP) is 1.97. The van der Waals surface area contributed by atoms with Gasteiger partial charge in [-0.2, -0.15) is 0 Å². The van der Waals surface area contributed by atoms with Crippen molar-refractivity contribution < 1.29 is 9.59 Å². The molecule has 3 rings (SSSR count). The van der Waals surface area contributed by atoms with Gasteiger partial charge in [0.1, 0.15) is 0 Å². The highest BCUT2D eigenvalue weighted by Crippen LogP contribution is 2.21. The number of thiazole rings is 1. The van der Waals surface area contributed by atoms with Crippen LogP contribution in [-0.2, 0) is 28.9 Å². The Labute approximate surface area is 155 Å². The van der Waals surface area contributed by atoms with Crippen LogP contribution < -0.4 is 16.0 Å². The second-order valence-corrected chi connectivity index (χ2v) is 8.24. The third-order valence-corrected chi connectivity index (χ3v) is 5.89. The average molecular weight is 379 g/mol. The molecule has 6 nitrogen and oxygen atoms in total. The molecule has 0 aromatic carbocycles. The minimum absolute atomic E-state index is 0.0987. The van der Waals surface area contributed by atoms with Crippen molar-refractivity contribution in [1.82, 2.24) is 15.6 Å². The van der Waals surface area contributed by atoms with Crippen LogP contribution >= 0.6 is 22.7 Å². The van der Waals surface area contributed by atoms with Gasteiger partial charge in [-0.15, -0.1) is 22.7 Å². The number of rotatable bonds is 7. The molecule has 134 valence electrons. The van der Waals surface area contributed by atoms with E-state index in [1.807, 2.05) is 11.4 Å². The molecule has 0 aliphatic carbocycles. The number of aryl methyl sites for hydroxylation is 2. The number of nitrogens with one attached hydrogen (secondary N) is 3. The lowest BCUT2D eigenvalue weighted by Crippen LogP contribution is -2.36. The van der Waals surface area contributed by atoms with Crippen LogP contribution in [-0.4, -0.2) is 35.9 Å². The minimum Gasteiger partial charge on any atom is -0.352 e. The first-order valence-electron chi connectivity index (χ1n) is 8.38. The smallest absolute Gasteiger partial charge is 0.225 e. The van der Waals surface area contributed by atoms with E-state index in [1.54, 1.807) is 11.3 Å². The zero-order valence-electron chi connectivity index (χ0n) is 14.1. The van der Waals surface area contributed by atoms with Gasteiger partial charge in [0.2, 0.25) is 11.8 Å². The van der Waals surface area contributed by atoms with Crippen LogP contribution in [0.15, 0.2) is 17.5 Å². The Kier molecular flexibility index (Phi) is 6.17. The fourth-order valence-electron chi connectivity index (χ4n) is 2.75. The van der Waals surface area contributed by atoms with Crippen molar-refractivity contribution in [2.75, 3.05) is 18.4 Å². The van der Waals surface area contributed by atoms with Gasteiger partial charge < -0.3 is 16.0 Å². The van der Waals surface area contributed by atoms with Crippen LogP contribution in [0.4, 0.5) is 5.13 Å². The van der Waals surface area contributed by atoms with Crippen LogP contribution in [0.3, 0.4) is 0 Å². The third-order valence-electron chi connectivity index (χ3n) is 3.94. The van der Waals surface area contributed by atoms with Gasteiger partial charge in [-0.05, 0) is 37.9 Å². The number of carbonyl (C=O) groups is 2. The van der Waals surface area contributed by atoms with Gasteiger partial charge in [0.15, 0.2) is 5.13 Å². The maximum absolute atomic E-state index is 12.1. The van der Waals surface area contributed by atoms with E-state index in [9.17, 15) is 9.59 Å². The monoisotopic (exact) mass is 378 g/mol. The summed E-state index contributed by atoms with van der Waals surface area (Å²) in [6.07, 6.45) is 3.18. The van der Waals surface area contributed by atoms with E-state index in [2.05, 4.69) is 27.0 Å². The van der Waals surface area contributed by atoms with Crippen LogP contribution in [0.25, 0.3) is 0 Å². The molecule has 1 aliphatic heterocycles. The van der Waals surface area contributed by atoms with Crippen molar-refractivity contribution in [3.63, 3.8) is 0 Å². The molecule has 2 amide bonds. The topological polar surface area (TPSA) is 83.1 Å². The summed E-state index contributed by atoms with van der Waals surface area (Å²) in [5, 5.41) is 11.6. The molecule has 0 saturated carbocycles. The highest BCUT2D eigenvalue weighted by Gasteiger charge is 2.17. The Bertz CT molecular complexity index is 735. The predicted molar refractivity (Wildman–Crippen MR) is 101 cm³/mol. The number of thiophene rings is 1. The molecular formula is C17H22N4O2S2. The van der Waals surface area contributed by atoms with E-state index < -0.39 is 0 Å². The van der Waals surface area contributed by atoms with E-state index in [0.29, 0.717) is 11.6 Å². The summed E-state index contributed by atoms with van der Waals surface area (Å²) in [5.74, 6) is -0.00277. The summed E-state index contributed by atoms with van der Waals surface area (Å²) in [6, 6.07) is 4.40. The van der Waals surface area contributed by atoms with Crippen LogP contribution in [0.2, 0.25) is 0 Å². The minimum atomic E-state index is -0.101. The van der Waals surface area contributed by atoms with Gasteiger partial charge >= 0.3 is 0 Å². The number of hydrogen-bond donors (Lipinski definition) is 3. The number of hydrogen-bond acceptors (Lipinski definition) is 6. The van der Waals surface area contributed by atoms with Crippen molar-refractivity contribution in [2.24, 2.45) is 0 Å². The van der Waals surface area contributed by atoms with Crippen LogP contribution in [0, 0.1) is 0 Å². The van der Waals surface area contributed by atoms with Gasteiger partial charge in [0.05, 0.1) is 12.1 Å². The van der Waals surface area contributed by atoms with Crippen molar-refractivity contribution >= 4 is 39.6 Å². The molecule has 0 bridgehead atoms. The van der Waals surface area contributed by atoms with E-state index in [-0.39, 0.29) is 17.9 Å². The molecule has 2 aromatic rings. The lowest BCUT2D eigenvalue weighted by Gasteiger charge is -2.10. The average Bonchev–Trinajstić information content (AvgIpc) is 3.27. The van der Waals surface area contributed by atoms with Gasteiger partial charge in [-0.1, -0.05) is 0 Å². The van der Waals surface area contributed by atoms with E-state index in [4.69, 9.17) is 0 Å². The highest BCUT2D eigenvalue weighted by atomic mass is 32.1. The SMILES string of the molecule is CC(=O)Nc1nc(CCc2ccc(CC(=O)NC3CCNC3)s2)cs1. The fourth-order valence-corrected chi connectivity index (χ4v) is 4.55. The zero-order chi connectivity index (χ0) is 17.6. The summed E-state index contributed by atoms with van der Waals surface area (Å²) >= 11 is 3.13. The largest absolute Gasteiger partial charge is 0.352 e. The molecule has 0 radical (unpaired) electrons. The fraction of sp³-hybridized carbons (Fsp3) is 0.471. The normalized spacial score (nSPS) is 16.8. The number of amides is 2. The first-order chi connectivity index (χ1) is 12.1. The van der Waals surface area contributed by atoms with Crippen molar-refractivity contribution in [1.29, 1.82) is 0 Å². The standard InChI is InChI=1S/C17H22N4O2S2/c1-11(22)19-17-21-13(10-24-17)2-3-14-4-5-15(25-14)8-16(23)20-12-6-7-18-9-12/h4-5,10,12,18H,2-3,6-9H2,1H3,(H,20,23)(H,19,21,22). The Morgan fingerprint density at radius 2 is 2.16 bits per heavy atom. The zero-order valence-corrected chi connectivity index (χ0v) is 15.8. The molecule has 3 heterocycles. The molecule has 1 fully saturated rings. The molecule has 1 unspecified atom stereocenters. The summed E-state index contributed by atoms with van der Waals surface area (Å²) in [4.78, 5) is 29.8. The second-order valence-electron chi connectivity index (χ2n) is 6.13. The molecule has 1 atom stereocenters. The maximum Gasteiger partial charge on any atom is 0.225 e. The Hall–Kier alpha value is -1.77. The van der Waals surface area contributed by atoms with Gasteiger partial charge in [0, 0.05) is 34.6 Å². The van der Waals surface area contributed by atoms with Crippen molar-refractivity contribution in [3.05, 3.63) is 33.0 Å². The van der Waals surface area contributed by atoms with Gasteiger partial charge in [-0.25, -0.2) is 4.98 Å². The first-order valence-corrected chi connectivity index (χ1v) is 10.1. The van der Waals surface area contributed by atoms with Crippen molar-refractivity contribution in [2.45, 2.75) is 38.6 Å². The number of anilines is 1. The Morgan fingerprint density at radius 3 is 2.92 bits per heavy atom. The van der Waals surface area contributed by atoms with Gasteiger partial charge in [0.25, 0.3) is 0 Å². The summed E-state index contributed by atoms with van der Waals surface area (Å²) in [7, 11) is 0.